The van der Waals surface area contributed by atoms with Gasteiger partial charge in [0, 0.05) is 17.1 Å². The van der Waals surface area contributed by atoms with Gasteiger partial charge in [-0.25, -0.2) is 4.98 Å². The van der Waals surface area contributed by atoms with Crippen molar-refractivity contribution in [3.8, 4) is 0 Å². The Morgan fingerprint density at radius 2 is 2.13 bits per heavy atom. The molecule has 6 heteroatoms. The third kappa shape index (κ3) is 2.80. The molecule has 1 aliphatic carbocycles. The number of rotatable bonds is 3. The van der Waals surface area contributed by atoms with E-state index in [4.69, 9.17) is 0 Å². The summed E-state index contributed by atoms with van der Waals surface area (Å²) < 4.78 is 2.26. The fourth-order valence-corrected chi connectivity index (χ4v) is 3.91. The van der Waals surface area contributed by atoms with Gasteiger partial charge in [0.2, 0.25) is 5.91 Å². The molecule has 0 radical (unpaired) electrons. The summed E-state index contributed by atoms with van der Waals surface area (Å²) in [5.41, 5.74) is 0.491. The van der Waals surface area contributed by atoms with E-state index in [2.05, 4.69) is 20.9 Å². The predicted octanol–water partition coefficient (Wildman–Crippen LogP) is 2.56. The van der Waals surface area contributed by atoms with E-state index in [1.54, 1.807) is 12.1 Å². The van der Waals surface area contributed by atoms with Gasteiger partial charge in [-0.15, -0.1) is 0 Å². The molecule has 2 aromatic rings. The average molecular weight is 376 g/mol. The van der Waals surface area contributed by atoms with Crippen LogP contribution in [0.5, 0.6) is 0 Å². The number of hydrogen-bond acceptors (Lipinski definition) is 3. The fourth-order valence-electron chi connectivity index (χ4n) is 3.55. The number of nitrogens with zero attached hydrogens (tertiary/aromatic N) is 3. The molecule has 2 heterocycles. The average Bonchev–Trinajstić information content (AvgIpc) is 3.27. The van der Waals surface area contributed by atoms with E-state index in [9.17, 15) is 9.59 Å². The molecule has 120 valence electrons. The second-order valence-corrected chi connectivity index (χ2v) is 7.39. The molecule has 5 nitrogen and oxygen atoms in total. The Morgan fingerprint density at radius 1 is 1.30 bits per heavy atom. The highest BCUT2D eigenvalue weighted by atomic mass is 79.9. The number of hydrogen-bond donors (Lipinski definition) is 0. The second-order valence-electron chi connectivity index (χ2n) is 6.47. The van der Waals surface area contributed by atoms with Crippen LogP contribution in [-0.4, -0.2) is 32.9 Å². The number of carbonyl (C=O) groups is 1. The minimum atomic E-state index is -0.160. The summed E-state index contributed by atoms with van der Waals surface area (Å²) in [6.45, 7) is 0.902. The van der Waals surface area contributed by atoms with Gasteiger partial charge in [-0.05, 0) is 49.8 Å². The number of benzene rings is 1. The molecule has 1 saturated heterocycles. The Hall–Kier alpha value is -1.69. The minimum Gasteiger partial charge on any atom is -0.338 e. The number of carbonyl (C=O) groups excluding carboxylic acids is 1. The lowest BCUT2D eigenvalue weighted by Crippen LogP contribution is -2.40. The molecular weight excluding hydrogens is 358 g/mol. The first-order valence-corrected chi connectivity index (χ1v) is 8.87. The van der Waals surface area contributed by atoms with Gasteiger partial charge < -0.3 is 4.90 Å². The molecule has 0 spiro atoms. The molecule has 23 heavy (non-hydrogen) atoms. The van der Waals surface area contributed by atoms with Crippen LogP contribution in [0.1, 0.15) is 25.7 Å². The highest BCUT2D eigenvalue weighted by Gasteiger charge is 2.39. The number of halogens is 1. The summed E-state index contributed by atoms with van der Waals surface area (Å²) in [6.07, 6.45) is 6.14. The van der Waals surface area contributed by atoms with Crippen molar-refractivity contribution in [3.63, 3.8) is 0 Å². The van der Waals surface area contributed by atoms with Crippen molar-refractivity contribution in [3.05, 3.63) is 39.4 Å². The monoisotopic (exact) mass is 375 g/mol. The molecule has 2 aliphatic rings. The van der Waals surface area contributed by atoms with Gasteiger partial charge in [0.15, 0.2) is 0 Å². The molecule has 2 fully saturated rings. The van der Waals surface area contributed by atoms with Gasteiger partial charge in [0.25, 0.3) is 5.56 Å². The Morgan fingerprint density at radius 3 is 2.91 bits per heavy atom. The zero-order chi connectivity index (χ0) is 16.0. The van der Waals surface area contributed by atoms with Crippen LogP contribution in [0.15, 0.2) is 33.8 Å². The fraction of sp³-hybridized carbons (Fsp3) is 0.471. The third-order valence-corrected chi connectivity index (χ3v) is 5.37. The number of aromatic nitrogens is 2. The highest BCUT2D eigenvalue weighted by molar-refractivity contribution is 9.10. The quantitative estimate of drug-likeness (QED) is 0.828. The van der Waals surface area contributed by atoms with Crippen molar-refractivity contribution in [1.29, 1.82) is 0 Å². The number of amides is 1. The molecule has 4 rings (SSSR count). The van der Waals surface area contributed by atoms with Crippen LogP contribution in [0, 0.1) is 5.92 Å². The van der Waals surface area contributed by atoms with E-state index in [1.807, 2.05) is 11.0 Å². The van der Waals surface area contributed by atoms with Gasteiger partial charge in [-0.3, -0.25) is 14.2 Å². The second kappa shape index (κ2) is 5.74. The van der Waals surface area contributed by atoms with E-state index in [1.165, 1.54) is 23.7 Å². The van der Waals surface area contributed by atoms with E-state index in [0.29, 0.717) is 22.9 Å². The normalized spacial score (nSPS) is 21.1. The van der Waals surface area contributed by atoms with Crippen molar-refractivity contribution in [1.82, 2.24) is 14.5 Å². The van der Waals surface area contributed by atoms with Crippen LogP contribution < -0.4 is 5.56 Å². The molecular formula is C17H18BrN3O2. The summed E-state index contributed by atoms with van der Waals surface area (Å²) in [7, 11) is 0. The topological polar surface area (TPSA) is 55.2 Å². The van der Waals surface area contributed by atoms with Crippen molar-refractivity contribution in [2.75, 3.05) is 6.54 Å². The molecule has 1 aromatic heterocycles. The van der Waals surface area contributed by atoms with Gasteiger partial charge in [0.05, 0.1) is 17.2 Å². The summed E-state index contributed by atoms with van der Waals surface area (Å²) in [5, 5.41) is 0.537. The lowest BCUT2D eigenvalue weighted by molar-refractivity contribution is -0.133. The van der Waals surface area contributed by atoms with E-state index < -0.39 is 0 Å². The van der Waals surface area contributed by atoms with Crippen LogP contribution in [0.3, 0.4) is 0 Å². The molecule has 0 bridgehead atoms. The Balaban J connectivity index is 1.61. The maximum absolute atomic E-state index is 12.6. The first-order chi connectivity index (χ1) is 11.1. The zero-order valence-electron chi connectivity index (χ0n) is 12.7. The van der Waals surface area contributed by atoms with Gasteiger partial charge in [-0.2, -0.15) is 0 Å². The Kier molecular flexibility index (Phi) is 3.71. The summed E-state index contributed by atoms with van der Waals surface area (Å²) in [4.78, 5) is 31.5. The molecule has 1 amide bonds. The summed E-state index contributed by atoms with van der Waals surface area (Å²) >= 11 is 3.38. The third-order valence-electron chi connectivity index (χ3n) is 4.88. The first-order valence-electron chi connectivity index (χ1n) is 8.07. The summed E-state index contributed by atoms with van der Waals surface area (Å²) in [5.74, 6) is 0.724. The smallest absolute Gasteiger partial charge is 0.261 e. The highest BCUT2D eigenvalue weighted by Crippen LogP contribution is 2.40. The minimum absolute atomic E-state index is 0.0395. The van der Waals surface area contributed by atoms with Gasteiger partial charge in [0.1, 0.15) is 6.54 Å². The van der Waals surface area contributed by atoms with Crippen LogP contribution in [0.2, 0.25) is 0 Å². The Bertz CT molecular complexity index is 828. The van der Waals surface area contributed by atoms with E-state index in [-0.39, 0.29) is 18.0 Å². The van der Waals surface area contributed by atoms with Gasteiger partial charge >= 0.3 is 0 Å². The molecule has 1 aliphatic heterocycles. The lowest BCUT2D eigenvalue weighted by atomic mass is 10.1. The van der Waals surface area contributed by atoms with Crippen LogP contribution in [0.25, 0.3) is 10.9 Å². The van der Waals surface area contributed by atoms with Crippen LogP contribution in [0.4, 0.5) is 0 Å². The molecule has 1 aromatic carbocycles. The maximum atomic E-state index is 12.6. The zero-order valence-corrected chi connectivity index (χ0v) is 14.3. The summed E-state index contributed by atoms with van der Waals surface area (Å²) in [6, 6.07) is 5.81. The predicted molar refractivity (Wildman–Crippen MR) is 91.2 cm³/mol. The van der Waals surface area contributed by atoms with Crippen LogP contribution >= 0.6 is 15.9 Å². The van der Waals surface area contributed by atoms with Crippen molar-refractivity contribution < 1.29 is 4.79 Å². The molecule has 1 saturated carbocycles. The Labute approximate surface area is 142 Å². The molecule has 0 N–H and O–H groups in total. The van der Waals surface area contributed by atoms with Gasteiger partial charge in [-0.1, -0.05) is 15.9 Å². The lowest BCUT2D eigenvalue weighted by Gasteiger charge is -2.25. The molecule has 1 atom stereocenters. The van der Waals surface area contributed by atoms with E-state index >= 15 is 0 Å². The standard InChI is InChI=1S/C17H18BrN3O2/c18-12-5-6-14-13(8-12)17(23)20(10-19-14)9-16(22)21-7-1-2-15(21)11-3-4-11/h5-6,8,10-11,15H,1-4,7,9H2. The van der Waals surface area contributed by atoms with Crippen LogP contribution in [-0.2, 0) is 11.3 Å². The number of fused-ring (bicyclic) bond motifs is 1. The maximum Gasteiger partial charge on any atom is 0.261 e. The van der Waals surface area contributed by atoms with Crippen molar-refractivity contribution in [2.24, 2.45) is 5.92 Å². The number of likely N-dealkylation sites (tertiary alicyclic amines) is 1. The SMILES string of the molecule is O=C(Cn1cnc2ccc(Br)cc2c1=O)N1CCCC1C1CC1. The van der Waals surface area contributed by atoms with Crippen molar-refractivity contribution >= 4 is 32.7 Å². The largest absolute Gasteiger partial charge is 0.338 e. The molecule has 1 unspecified atom stereocenters. The van der Waals surface area contributed by atoms with Crippen molar-refractivity contribution in [2.45, 2.75) is 38.3 Å². The van der Waals surface area contributed by atoms with E-state index in [0.717, 1.165) is 23.9 Å². The first kappa shape index (κ1) is 14.9.